The lowest BCUT2D eigenvalue weighted by molar-refractivity contribution is -0.150. The van der Waals surface area contributed by atoms with Crippen molar-refractivity contribution in [3.8, 4) is 0 Å². The highest BCUT2D eigenvalue weighted by Gasteiger charge is 2.14. The second-order valence-electron chi connectivity index (χ2n) is 16.3. The molecule has 0 aliphatic carbocycles. The molecule has 1 atom stereocenters. The highest BCUT2D eigenvalue weighted by Crippen LogP contribution is 2.19. The Morgan fingerprint density at radius 1 is 0.404 bits per heavy atom. The first-order valence-electron chi connectivity index (χ1n) is 23.7. The molecule has 0 aromatic heterocycles. The van der Waals surface area contributed by atoms with Crippen molar-refractivity contribution >= 4 is 11.9 Å². The summed E-state index contributed by atoms with van der Waals surface area (Å²) < 4.78 is 5.94. The summed E-state index contributed by atoms with van der Waals surface area (Å²) in [5, 5.41) is 8.99. The smallest absolute Gasteiger partial charge is 0.306 e. The van der Waals surface area contributed by atoms with Gasteiger partial charge in [0.05, 0.1) is 0 Å². The SMILES string of the molecule is CCCCCCCC/C=C\CCCCCCCCCCCCCC(=O)OC(CCCCCCCCCCCCCCCCCC)CCCCC(=O)O. The van der Waals surface area contributed by atoms with Crippen LogP contribution in [0.3, 0.4) is 0 Å². The van der Waals surface area contributed by atoms with Gasteiger partial charge in [-0.1, -0.05) is 212 Å². The maximum atomic E-state index is 12.6. The van der Waals surface area contributed by atoms with E-state index in [1.807, 2.05) is 0 Å². The summed E-state index contributed by atoms with van der Waals surface area (Å²) in [7, 11) is 0. The van der Waals surface area contributed by atoms with Gasteiger partial charge in [-0.05, 0) is 64.2 Å². The first-order chi connectivity index (χ1) is 25.6. The zero-order valence-corrected chi connectivity index (χ0v) is 35.4. The van der Waals surface area contributed by atoms with Crippen LogP contribution in [0.2, 0.25) is 0 Å². The summed E-state index contributed by atoms with van der Waals surface area (Å²) in [6.45, 7) is 4.57. The van der Waals surface area contributed by atoms with E-state index in [0.29, 0.717) is 12.8 Å². The monoisotopic (exact) mass is 733 g/mol. The molecule has 4 nitrogen and oxygen atoms in total. The first kappa shape index (κ1) is 50.7. The van der Waals surface area contributed by atoms with E-state index >= 15 is 0 Å². The number of carboxylic acids is 1. The minimum atomic E-state index is -0.737. The number of aliphatic carboxylic acids is 1. The molecule has 0 bridgehead atoms. The highest BCUT2D eigenvalue weighted by molar-refractivity contribution is 5.69. The van der Waals surface area contributed by atoms with E-state index < -0.39 is 5.97 Å². The van der Waals surface area contributed by atoms with Gasteiger partial charge in [0.2, 0.25) is 0 Å². The first-order valence-corrected chi connectivity index (χ1v) is 23.7. The summed E-state index contributed by atoms with van der Waals surface area (Å²) in [5.41, 5.74) is 0. The molecule has 0 saturated heterocycles. The minimum Gasteiger partial charge on any atom is -0.481 e. The van der Waals surface area contributed by atoms with Gasteiger partial charge in [-0.2, -0.15) is 0 Å². The van der Waals surface area contributed by atoms with E-state index in [1.165, 1.54) is 205 Å². The molecule has 0 aliphatic heterocycles. The van der Waals surface area contributed by atoms with Gasteiger partial charge in [0.25, 0.3) is 0 Å². The number of carbonyl (C=O) groups excluding carboxylic acids is 1. The van der Waals surface area contributed by atoms with Crippen LogP contribution in [0.4, 0.5) is 0 Å². The van der Waals surface area contributed by atoms with Crippen molar-refractivity contribution in [2.75, 3.05) is 0 Å². The van der Waals surface area contributed by atoms with Crippen LogP contribution in [0.1, 0.15) is 277 Å². The molecule has 1 unspecified atom stereocenters. The van der Waals surface area contributed by atoms with Gasteiger partial charge >= 0.3 is 11.9 Å². The lowest BCUT2D eigenvalue weighted by Crippen LogP contribution is -2.18. The molecule has 0 saturated carbocycles. The van der Waals surface area contributed by atoms with Crippen molar-refractivity contribution in [3.05, 3.63) is 12.2 Å². The Morgan fingerprint density at radius 2 is 0.692 bits per heavy atom. The third-order valence-electron chi connectivity index (χ3n) is 11.0. The Kier molecular flexibility index (Phi) is 43.0. The van der Waals surface area contributed by atoms with Gasteiger partial charge in [-0.15, -0.1) is 0 Å². The molecule has 0 aliphatic rings. The van der Waals surface area contributed by atoms with Crippen molar-refractivity contribution in [1.82, 2.24) is 0 Å². The van der Waals surface area contributed by atoms with Crippen LogP contribution >= 0.6 is 0 Å². The van der Waals surface area contributed by atoms with Crippen LogP contribution in [-0.2, 0) is 14.3 Å². The number of allylic oxidation sites excluding steroid dienone is 2. The molecule has 52 heavy (non-hydrogen) atoms. The van der Waals surface area contributed by atoms with E-state index in [1.54, 1.807) is 0 Å². The molecule has 0 aromatic rings. The predicted molar refractivity (Wildman–Crippen MR) is 227 cm³/mol. The predicted octanol–water partition coefficient (Wildman–Crippen LogP) is 16.6. The summed E-state index contributed by atoms with van der Waals surface area (Å²) in [5.74, 6) is -0.785. The largest absolute Gasteiger partial charge is 0.481 e. The fourth-order valence-electron chi connectivity index (χ4n) is 7.48. The van der Waals surface area contributed by atoms with Crippen molar-refractivity contribution in [1.29, 1.82) is 0 Å². The Morgan fingerprint density at radius 3 is 1.06 bits per heavy atom. The van der Waals surface area contributed by atoms with E-state index in [4.69, 9.17) is 9.84 Å². The standard InChI is InChI=1S/C48H92O4/c1-3-5-7-9-11-13-15-17-19-21-22-23-24-25-27-29-31-33-35-37-39-45-48(51)52-46(43-40-41-44-47(49)50)42-38-36-34-32-30-28-26-20-18-16-14-12-10-8-6-4-2/h17,19,46H,3-16,18,20-45H2,1-2H3,(H,49,50)/b19-17-. The van der Waals surface area contributed by atoms with Crippen molar-refractivity contribution in [2.45, 2.75) is 283 Å². The Bertz CT molecular complexity index is 747. The number of esters is 1. The van der Waals surface area contributed by atoms with Gasteiger partial charge in [-0.25, -0.2) is 0 Å². The van der Waals surface area contributed by atoms with E-state index in [-0.39, 0.29) is 18.5 Å². The molecule has 0 heterocycles. The molecule has 0 radical (unpaired) electrons. The van der Waals surface area contributed by atoms with Crippen LogP contribution in [0.15, 0.2) is 12.2 Å². The van der Waals surface area contributed by atoms with Gasteiger partial charge in [0, 0.05) is 12.8 Å². The van der Waals surface area contributed by atoms with Crippen molar-refractivity contribution in [2.24, 2.45) is 0 Å². The molecule has 0 spiro atoms. The summed E-state index contributed by atoms with van der Waals surface area (Å²) >= 11 is 0. The van der Waals surface area contributed by atoms with Gasteiger partial charge in [0.15, 0.2) is 0 Å². The average Bonchev–Trinajstić information content (AvgIpc) is 3.13. The van der Waals surface area contributed by atoms with Gasteiger partial charge in [-0.3, -0.25) is 9.59 Å². The number of hydrogen-bond acceptors (Lipinski definition) is 3. The number of carboxylic acid groups (broad SMARTS) is 1. The van der Waals surface area contributed by atoms with E-state index in [2.05, 4.69) is 26.0 Å². The maximum absolute atomic E-state index is 12.6. The molecule has 0 amide bonds. The Hall–Kier alpha value is -1.32. The molecule has 4 heteroatoms. The van der Waals surface area contributed by atoms with Crippen LogP contribution < -0.4 is 0 Å². The van der Waals surface area contributed by atoms with Crippen LogP contribution in [0.25, 0.3) is 0 Å². The summed E-state index contributed by atoms with van der Waals surface area (Å²) in [6.07, 6.45) is 55.4. The number of rotatable bonds is 44. The fourth-order valence-corrected chi connectivity index (χ4v) is 7.48. The van der Waals surface area contributed by atoms with E-state index in [9.17, 15) is 9.59 Å². The Labute approximate surface area is 325 Å². The normalized spacial score (nSPS) is 12.2. The number of ether oxygens (including phenoxy) is 1. The highest BCUT2D eigenvalue weighted by atomic mass is 16.5. The van der Waals surface area contributed by atoms with Crippen LogP contribution in [0, 0.1) is 0 Å². The second kappa shape index (κ2) is 44.1. The Balaban J connectivity index is 3.76. The lowest BCUT2D eigenvalue weighted by Gasteiger charge is -2.18. The lowest BCUT2D eigenvalue weighted by atomic mass is 10.0. The molecule has 0 rings (SSSR count). The van der Waals surface area contributed by atoms with Crippen molar-refractivity contribution in [3.63, 3.8) is 0 Å². The quantitative estimate of drug-likeness (QED) is 0.0385. The average molecular weight is 733 g/mol. The molecular weight excluding hydrogens is 641 g/mol. The topological polar surface area (TPSA) is 63.6 Å². The summed E-state index contributed by atoms with van der Waals surface area (Å²) in [6, 6.07) is 0. The molecule has 308 valence electrons. The van der Waals surface area contributed by atoms with Crippen molar-refractivity contribution < 1.29 is 19.4 Å². The molecular formula is C48H92O4. The zero-order valence-electron chi connectivity index (χ0n) is 35.4. The zero-order chi connectivity index (χ0) is 37.8. The van der Waals surface area contributed by atoms with Crippen LogP contribution in [0.5, 0.6) is 0 Å². The second-order valence-corrected chi connectivity index (χ2v) is 16.3. The fraction of sp³-hybridized carbons (Fsp3) is 0.917. The summed E-state index contributed by atoms with van der Waals surface area (Å²) in [4.78, 5) is 23.6. The number of unbranched alkanes of at least 4 members (excludes halogenated alkanes) is 33. The number of carbonyl (C=O) groups is 2. The van der Waals surface area contributed by atoms with Gasteiger partial charge in [0.1, 0.15) is 6.10 Å². The maximum Gasteiger partial charge on any atom is 0.306 e. The minimum absolute atomic E-state index is 0.0423. The van der Waals surface area contributed by atoms with Crippen LogP contribution in [-0.4, -0.2) is 23.1 Å². The molecule has 0 aromatic carbocycles. The number of hydrogen-bond donors (Lipinski definition) is 1. The molecule has 1 N–H and O–H groups in total. The third-order valence-corrected chi connectivity index (χ3v) is 11.0. The molecule has 0 fully saturated rings. The van der Waals surface area contributed by atoms with Gasteiger partial charge < -0.3 is 9.84 Å². The third kappa shape index (κ3) is 43.1. The van der Waals surface area contributed by atoms with E-state index in [0.717, 1.165) is 38.5 Å².